The first-order valence-electron chi connectivity index (χ1n) is 7.56. The topological polar surface area (TPSA) is 84.4 Å². The number of nitrogen functional groups attached to an aromatic ring is 1. The number of hydrogen-bond acceptors (Lipinski definition) is 6. The van der Waals surface area contributed by atoms with Crippen LogP contribution in [-0.4, -0.2) is 35.8 Å². The first-order chi connectivity index (χ1) is 11.6. The number of methoxy groups -OCH3 is 2. The molecule has 7 nitrogen and oxygen atoms in total. The van der Waals surface area contributed by atoms with Crippen molar-refractivity contribution in [1.29, 1.82) is 0 Å². The minimum Gasteiger partial charge on any atom is -0.493 e. The van der Waals surface area contributed by atoms with Crippen molar-refractivity contribution in [2.75, 3.05) is 26.6 Å². The average molecular weight is 328 g/mol. The van der Waals surface area contributed by atoms with Crippen LogP contribution in [0.2, 0.25) is 0 Å². The number of rotatable bonds is 6. The third kappa shape index (κ3) is 3.05. The van der Waals surface area contributed by atoms with Gasteiger partial charge in [0.05, 0.1) is 26.3 Å². The van der Waals surface area contributed by atoms with Crippen molar-refractivity contribution in [3.63, 3.8) is 0 Å². The highest BCUT2D eigenvalue weighted by Crippen LogP contribution is 2.31. The van der Waals surface area contributed by atoms with Crippen LogP contribution in [-0.2, 0) is 6.54 Å². The predicted octanol–water partition coefficient (Wildman–Crippen LogP) is 2.42. The maximum absolute atomic E-state index is 5.81. The van der Waals surface area contributed by atoms with E-state index < -0.39 is 0 Å². The Morgan fingerprint density at radius 1 is 1.08 bits per heavy atom. The van der Waals surface area contributed by atoms with Crippen molar-refractivity contribution < 1.29 is 14.2 Å². The van der Waals surface area contributed by atoms with Crippen LogP contribution in [0.4, 0.5) is 5.69 Å². The maximum atomic E-state index is 5.81. The number of hydrogen-bond donors (Lipinski definition) is 1. The molecule has 1 heterocycles. The van der Waals surface area contributed by atoms with Crippen molar-refractivity contribution in [1.82, 2.24) is 15.0 Å². The second-order valence-electron chi connectivity index (χ2n) is 5.38. The normalized spacial score (nSPS) is 10.8. The summed E-state index contributed by atoms with van der Waals surface area (Å²) in [4.78, 5) is 0. The van der Waals surface area contributed by atoms with Gasteiger partial charge in [0.25, 0.3) is 0 Å². The highest BCUT2D eigenvalue weighted by molar-refractivity contribution is 5.79. The number of nitrogens with two attached hydrogens (primary N) is 1. The summed E-state index contributed by atoms with van der Waals surface area (Å²) < 4.78 is 18.2. The molecule has 0 aliphatic heterocycles. The van der Waals surface area contributed by atoms with Crippen LogP contribution in [0.5, 0.6) is 17.2 Å². The first kappa shape index (κ1) is 15.9. The Morgan fingerprint density at radius 2 is 1.83 bits per heavy atom. The lowest BCUT2D eigenvalue weighted by molar-refractivity contribution is 0.292. The van der Waals surface area contributed by atoms with Crippen LogP contribution in [0.25, 0.3) is 11.0 Å². The lowest BCUT2D eigenvalue weighted by Gasteiger charge is -2.09. The fraction of sp³-hybridized carbons (Fsp3) is 0.294. The molecule has 0 unspecified atom stereocenters. The van der Waals surface area contributed by atoms with Gasteiger partial charge in [-0.1, -0.05) is 5.21 Å². The molecule has 0 atom stereocenters. The van der Waals surface area contributed by atoms with E-state index in [2.05, 4.69) is 10.3 Å². The Balaban J connectivity index is 1.74. The number of nitrogens with zero attached hydrogens (tertiary/aromatic N) is 3. The number of aromatic nitrogens is 3. The summed E-state index contributed by atoms with van der Waals surface area (Å²) in [5, 5.41) is 8.32. The highest BCUT2D eigenvalue weighted by atomic mass is 16.5. The summed E-state index contributed by atoms with van der Waals surface area (Å²) in [5.74, 6) is 2.06. The van der Waals surface area contributed by atoms with Crippen molar-refractivity contribution in [3.05, 3.63) is 35.9 Å². The van der Waals surface area contributed by atoms with Gasteiger partial charge in [-0.15, -0.1) is 5.10 Å². The minimum atomic E-state index is 0.468. The predicted molar refractivity (Wildman–Crippen MR) is 91.7 cm³/mol. The maximum Gasteiger partial charge on any atom is 0.163 e. The van der Waals surface area contributed by atoms with E-state index in [9.17, 15) is 0 Å². The quantitative estimate of drug-likeness (QED) is 0.700. The summed E-state index contributed by atoms with van der Waals surface area (Å²) in [6, 6.07) is 9.29. The zero-order valence-corrected chi connectivity index (χ0v) is 13.9. The Bertz CT molecular complexity index is 860. The Morgan fingerprint density at radius 3 is 2.54 bits per heavy atom. The molecule has 2 N–H and O–H groups in total. The van der Waals surface area contributed by atoms with E-state index in [0.717, 1.165) is 28.0 Å². The molecular formula is C17H20N4O3. The van der Waals surface area contributed by atoms with Crippen molar-refractivity contribution >= 4 is 16.7 Å². The van der Waals surface area contributed by atoms with Crippen molar-refractivity contribution in [2.24, 2.45) is 0 Å². The zero-order valence-electron chi connectivity index (χ0n) is 13.9. The highest BCUT2D eigenvalue weighted by Gasteiger charge is 2.11. The summed E-state index contributed by atoms with van der Waals surface area (Å²) in [5.41, 5.74) is 9.17. The summed E-state index contributed by atoms with van der Waals surface area (Å²) in [6.07, 6.45) is 0. The van der Waals surface area contributed by atoms with Crippen LogP contribution in [0.1, 0.15) is 5.56 Å². The monoisotopic (exact) mass is 328 g/mol. The SMILES string of the molecule is COc1cc2nnn(CCOc3ccc(N)c(C)c3)c2cc1OC. The molecule has 0 fully saturated rings. The molecule has 0 aliphatic rings. The Kier molecular flexibility index (Phi) is 4.41. The molecule has 0 saturated carbocycles. The van der Waals surface area contributed by atoms with E-state index in [1.165, 1.54) is 0 Å². The molecule has 0 spiro atoms. The van der Waals surface area contributed by atoms with Gasteiger partial charge in [0, 0.05) is 17.8 Å². The smallest absolute Gasteiger partial charge is 0.163 e. The van der Waals surface area contributed by atoms with Gasteiger partial charge in [0.2, 0.25) is 0 Å². The van der Waals surface area contributed by atoms with Crippen LogP contribution >= 0.6 is 0 Å². The van der Waals surface area contributed by atoms with E-state index >= 15 is 0 Å². The second-order valence-corrected chi connectivity index (χ2v) is 5.38. The molecule has 1 aromatic heterocycles. The molecule has 24 heavy (non-hydrogen) atoms. The minimum absolute atomic E-state index is 0.468. The van der Waals surface area contributed by atoms with Gasteiger partial charge in [-0.2, -0.15) is 0 Å². The third-order valence-corrected chi connectivity index (χ3v) is 3.83. The average Bonchev–Trinajstić information content (AvgIpc) is 2.98. The molecule has 0 amide bonds. The van der Waals surface area contributed by atoms with E-state index in [0.29, 0.717) is 24.7 Å². The molecule has 0 aliphatic carbocycles. The van der Waals surface area contributed by atoms with Gasteiger partial charge in [-0.3, -0.25) is 0 Å². The zero-order chi connectivity index (χ0) is 17.1. The molecule has 0 bridgehead atoms. The lowest BCUT2D eigenvalue weighted by Crippen LogP contribution is -2.09. The van der Waals surface area contributed by atoms with Crippen LogP contribution in [0.3, 0.4) is 0 Å². The molecule has 0 radical (unpaired) electrons. The summed E-state index contributed by atoms with van der Waals surface area (Å²) in [7, 11) is 3.20. The number of anilines is 1. The van der Waals surface area contributed by atoms with Crippen molar-refractivity contribution in [3.8, 4) is 17.2 Å². The Hall–Kier alpha value is -2.96. The van der Waals surface area contributed by atoms with Crippen molar-refractivity contribution in [2.45, 2.75) is 13.5 Å². The molecule has 3 rings (SSSR count). The molecule has 7 heteroatoms. The third-order valence-electron chi connectivity index (χ3n) is 3.83. The van der Waals surface area contributed by atoms with E-state index in [1.807, 2.05) is 37.3 Å². The van der Waals surface area contributed by atoms with E-state index in [1.54, 1.807) is 18.9 Å². The Labute approximate surface area is 139 Å². The van der Waals surface area contributed by atoms with Crippen LogP contribution in [0, 0.1) is 6.92 Å². The summed E-state index contributed by atoms with van der Waals surface area (Å²) >= 11 is 0. The molecular weight excluding hydrogens is 308 g/mol. The van der Waals surface area contributed by atoms with Gasteiger partial charge in [-0.25, -0.2) is 4.68 Å². The number of fused-ring (bicyclic) bond motifs is 1. The number of benzene rings is 2. The standard InChI is InChI=1S/C17H20N4O3/c1-11-8-12(4-5-13(11)18)24-7-6-21-15-10-17(23-3)16(22-2)9-14(15)19-20-21/h4-5,8-10H,6-7,18H2,1-3H3. The van der Waals surface area contributed by atoms with Crippen LogP contribution < -0.4 is 19.9 Å². The second kappa shape index (κ2) is 6.66. The summed E-state index contributed by atoms with van der Waals surface area (Å²) in [6.45, 7) is 2.98. The van der Waals surface area contributed by atoms with Gasteiger partial charge >= 0.3 is 0 Å². The number of aryl methyl sites for hydroxylation is 1. The molecule has 3 aromatic rings. The van der Waals surface area contributed by atoms with Gasteiger partial charge in [0.15, 0.2) is 11.5 Å². The fourth-order valence-corrected chi connectivity index (χ4v) is 2.45. The number of ether oxygens (including phenoxy) is 3. The van der Waals surface area contributed by atoms with Gasteiger partial charge in [0.1, 0.15) is 17.9 Å². The fourth-order valence-electron chi connectivity index (χ4n) is 2.45. The first-order valence-corrected chi connectivity index (χ1v) is 7.56. The van der Waals surface area contributed by atoms with Gasteiger partial charge in [-0.05, 0) is 30.7 Å². The largest absolute Gasteiger partial charge is 0.493 e. The van der Waals surface area contributed by atoms with E-state index in [4.69, 9.17) is 19.9 Å². The van der Waals surface area contributed by atoms with Crippen LogP contribution in [0.15, 0.2) is 30.3 Å². The molecule has 0 saturated heterocycles. The van der Waals surface area contributed by atoms with E-state index in [-0.39, 0.29) is 0 Å². The van der Waals surface area contributed by atoms with Gasteiger partial charge < -0.3 is 19.9 Å². The molecule has 126 valence electrons. The molecule has 2 aromatic carbocycles. The lowest BCUT2D eigenvalue weighted by atomic mass is 10.2.